The summed E-state index contributed by atoms with van der Waals surface area (Å²) >= 11 is 3.16. The van der Waals surface area contributed by atoms with Gasteiger partial charge in [-0.2, -0.15) is 0 Å². The topological polar surface area (TPSA) is 36.4 Å². The van der Waals surface area contributed by atoms with Crippen molar-refractivity contribution in [2.24, 2.45) is 0 Å². The maximum absolute atomic E-state index is 13.3. The van der Waals surface area contributed by atoms with Gasteiger partial charge in [0.1, 0.15) is 5.82 Å². The highest BCUT2D eigenvalue weighted by atomic mass is 35.5. The standard InChI is InChI=1S/C21H24FN3OS2.ClH/c1-4-24(5-2)13-14-25(20(26)15-9-11-16(22)12-10-15)21-23-19-17(27-3)7-6-8-18(19)28-21;/h6-12H,4-5,13-14H2,1-3H3;1H. The maximum Gasteiger partial charge on any atom is 0.260 e. The molecule has 0 radical (unpaired) electrons. The number of fused-ring (bicyclic) bond motifs is 1. The number of thioether (sulfide) groups is 1. The van der Waals surface area contributed by atoms with Crippen molar-refractivity contribution < 1.29 is 9.18 Å². The minimum atomic E-state index is -0.351. The highest BCUT2D eigenvalue weighted by molar-refractivity contribution is 7.98. The molecule has 1 amide bonds. The van der Waals surface area contributed by atoms with Gasteiger partial charge in [0.05, 0.1) is 10.2 Å². The fourth-order valence-electron chi connectivity index (χ4n) is 3.01. The van der Waals surface area contributed by atoms with Crippen LogP contribution in [0, 0.1) is 5.82 Å². The van der Waals surface area contributed by atoms with Crippen molar-refractivity contribution in [1.29, 1.82) is 0 Å². The summed E-state index contributed by atoms with van der Waals surface area (Å²) in [5, 5.41) is 0.679. The molecular weight excluding hydrogens is 429 g/mol. The first-order chi connectivity index (χ1) is 13.6. The Kier molecular flexibility index (Phi) is 8.89. The summed E-state index contributed by atoms with van der Waals surface area (Å²) in [7, 11) is 0. The number of para-hydroxylation sites is 1. The first kappa shape index (κ1) is 23.6. The van der Waals surface area contributed by atoms with Gasteiger partial charge < -0.3 is 4.90 Å². The van der Waals surface area contributed by atoms with E-state index in [1.54, 1.807) is 16.7 Å². The molecule has 0 saturated heterocycles. The van der Waals surface area contributed by atoms with Crippen molar-refractivity contribution in [3.05, 3.63) is 53.8 Å². The molecule has 1 aromatic heterocycles. The predicted octanol–water partition coefficient (Wildman–Crippen LogP) is 5.57. The van der Waals surface area contributed by atoms with Gasteiger partial charge >= 0.3 is 0 Å². The Morgan fingerprint density at radius 2 is 1.79 bits per heavy atom. The minimum absolute atomic E-state index is 0. The molecule has 0 atom stereocenters. The average molecular weight is 454 g/mol. The van der Waals surface area contributed by atoms with Crippen molar-refractivity contribution in [2.75, 3.05) is 37.3 Å². The molecular formula is C21H25ClFN3OS2. The second-order valence-corrected chi connectivity index (χ2v) is 8.15. The maximum atomic E-state index is 13.3. The second kappa shape index (κ2) is 10.9. The van der Waals surface area contributed by atoms with Crippen LogP contribution in [0.5, 0.6) is 0 Å². The lowest BCUT2D eigenvalue weighted by Crippen LogP contribution is -2.38. The van der Waals surface area contributed by atoms with Gasteiger partial charge in [-0.05, 0) is 55.7 Å². The molecule has 29 heavy (non-hydrogen) atoms. The van der Waals surface area contributed by atoms with Gasteiger partial charge in [-0.3, -0.25) is 9.69 Å². The number of benzene rings is 2. The van der Waals surface area contributed by atoms with Gasteiger partial charge in [0, 0.05) is 23.5 Å². The summed E-state index contributed by atoms with van der Waals surface area (Å²) in [4.78, 5) is 23.1. The molecule has 0 fully saturated rings. The summed E-state index contributed by atoms with van der Waals surface area (Å²) in [6.45, 7) is 7.35. The minimum Gasteiger partial charge on any atom is -0.302 e. The van der Waals surface area contributed by atoms with Crippen LogP contribution in [0.25, 0.3) is 10.2 Å². The molecule has 4 nitrogen and oxygen atoms in total. The Balaban J connectivity index is 0.00000300. The summed E-state index contributed by atoms with van der Waals surface area (Å²) in [6.07, 6.45) is 2.02. The van der Waals surface area contributed by atoms with E-state index in [4.69, 9.17) is 4.98 Å². The zero-order valence-corrected chi connectivity index (χ0v) is 19.2. The van der Waals surface area contributed by atoms with Crippen LogP contribution < -0.4 is 4.90 Å². The lowest BCUT2D eigenvalue weighted by Gasteiger charge is -2.24. The molecule has 0 saturated carbocycles. The summed E-state index contributed by atoms with van der Waals surface area (Å²) in [5.74, 6) is -0.507. The van der Waals surface area contributed by atoms with Gasteiger partial charge in [-0.25, -0.2) is 9.37 Å². The van der Waals surface area contributed by atoms with E-state index < -0.39 is 0 Å². The zero-order valence-electron chi connectivity index (χ0n) is 16.7. The number of anilines is 1. The number of halogens is 2. The number of aromatic nitrogens is 1. The van der Waals surface area contributed by atoms with Crippen LogP contribution in [-0.2, 0) is 0 Å². The van der Waals surface area contributed by atoms with Crippen molar-refractivity contribution in [1.82, 2.24) is 9.88 Å². The number of thiazole rings is 1. The van der Waals surface area contributed by atoms with E-state index in [2.05, 4.69) is 18.7 Å². The van der Waals surface area contributed by atoms with Crippen LogP contribution in [0.2, 0.25) is 0 Å². The Hall–Kier alpha value is -1.67. The van der Waals surface area contributed by atoms with E-state index in [-0.39, 0.29) is 24.1 Å². The molecule has 3 rings (SSSR count). The first-order valence-electron chi connectivity index (χ1n) is 9.30. The van der Waals surface area contributed by atoms with E-state index >= 15 is 0 Å². The average Bonchev–Trinajstić information content (AvgIpc) is 3.15. The molecule has 0 bridgehead atoms. The predicted molar refractivity (Wildman–Crippen MR) is 125 cm³/mol. The van der Waals surface area contributed by atoms with Crippen LogP contribution in [0.4, 0.5) is 9.52 Å². The lowest BCUT2D eigenvalue weighted by atomic mass is 10.2. The third-order valence-corrected chi connectivity index (χ3v) is 6.50. The van der Waals surface area contributed by atoms with E-state index in [0.717, 1.165) is 34.7 Å². The number of likely N-dealkylation sites (N-methyl/N-ethyl adjacent to an activating group) is 1. The molecule has 1 heterocycles. The van der Waals surface area contributed by atoms with Gasteiger partial charge in [0.2, 0.25) is 0 Å². The van der Waals surface area contributed by atoms with Gasteiger partial charge in [-0.15, -0.1) is 24.2 Å². The van der Waals surface area contributed by atoms with Crippen LogP contribution in [0.1, 0.15) is 24.2 Å². The number of hydrogen-bond donors (Lipinski definition) is 0. The largest absolute Gasteiger partial charge is 0.302 e. The number of rotatable bonds is 8. The smallest absolute Gasteiger partial charge is 0.260 e. The third-order valence-electron chi connectivity index (χ3n) is 4.69. The van der Waals surface area contributed by atoms with E-state index in [1.165, 1.54) is 35.6 Å². The Labute approximate surface area is 185 Å². The SMILES string of the molecule is CCN(CC)CCN(C(=O)c1ccc(F)cc1)c1nc2c(SC)cccc2s1.Cl. The molecule has 8 heteroatoms. The first-order valence-corrected chi connectivity index (χ1v) is 11.3. The third kappa shape index (κ3) is 5.48. The summed E-state index contributed by atoms with van der Waals surface area (Å²) in [5.41, 5.74) is 1.39. The van der Waals surface area contributed by atoms with Gasteiger partial charge in [-0.1, -0.05) is 31.3 Å². The molecule has 2 aromatic carbocycles. The van der Waals surface area contributed by atoms with Crippen molar-refractivity contribution in [2.45, 2.75) is 18.7 Å². The second-order valence-electron chi connectivity index (χ2n) is 6.29. The highest BCUT2D eigenvalue weighted by Crippen LogP contribution is 2.34. The van der Waals surface area contributed by atoms with E-state index in [1.807, 2.05) is 24.5 Å². The lowest BCUT2D eigenvalue weighted by molar-refractivity contribution is 0.0983. The van der Waals surface area contributed by atoms with Crippen molar-refractivity contribution in [3.8, 4) is 0 Å². The fraction of sp³-hybridized carbons (Fsp3) is 0.333. The Bertz CT molecular complexity index is 945. The number of carbonyl (C=O) groups is 1. The highest BCUT2D eigenvalue weighted by Gasteiger charge is 2.22. The quantitative estimate of drug-likeness (QED) is 0.418. The molecule has 0 unspecified atom stereocenters. The van der Waals surface area contributed by atoms with Crippen LogP contribution in [0.15, 0.2) is 47.4 Å². The monoisotopic (exact) mass is 453 g/mol. The van der Waals surface area contributed by atoms with Gasteiger partial charge in [0.25, 0.3) is 5.91 Å². The molecule has 0 spiro atoms. The normalized spacial score (nSPS) is 10.9. The summed E-state index contributed by atoms with van der Waals surface area (Å²) < 4.78 is 14.4. The summed E-state index contributed by atoms with van der Waals surface area (Å²) in [6, 6.07) is 11.8. The zero-order chi connectivity index (χ0) is 20.1. The van der Waals surface area contributed by atoms with Gasteiger partial charge in [0.15, 0.2) is 5.13 Å². The van der Waals surface area contributed by atoms with Crippen molar-refractivity contribution >= 4 is 56.8 Å². The number of hydrogen-bond acceptors (Lipinski definition) is 5. The van der Waals surface area contributed by atoms with Crippen LogP contribution >= 0.6 is 35.5 Å². The molecule has 3 aromatic rings. The Morgan fingerprint density at radius 3 is 2.41 bits per heavy atom. The molecule has 0 N–H and O–H groups in total. The van der Waals surface area contributed by atoms with E-state index in [9.17, 15) is 9.18 Å². The Morgan fingerprint density at radius 1 is 1.10 bits per heavy atom. The van der Waals surface area contributed by atoms with Crippen molar-refractivity contribution in [3.63, 3.8) is 0 Å². The molecule has 0 aliphatic carbocycles. The van der Waals surface area contributed by atoms with E-state index in [0.29, 0.717) is 17.2 Å². The number of amides is 1. The van der Waals surface area contributed by atoms with Crippen LogP contribution in [-0.4, -0.2) is 48.2 Å². The number of carbonyl (C=O) groups excluding carboxylic acids is 1. The fourth-order valence-corrected chi connectivity index (χ4v) is 4.65. The molecule has 0 aliphatic rings. The molecule has 156 valence electrons. The number of nitrogens with zero attached hydrogens (tertiary/aromatic N) is 3. The van der Waals surface area contributed by atoms with Crippen LogP contribution in [0.3, 0.4) is 0 Å². The molecule has 0 aliphatic heterocycles.